The summed E-state index contributed by atoms with van der Waals surface area (Å²) in [5, 5.41) is 8.81. The van der Waals surface area contributed by atoms with Crippen LogP contribution in [-0.2, 0) is 23.5 Å². The van der Waals surface area contributed by atoms with Crippen LogP contribution < -0.4 is 0 Å². The lowest BCUT2D eigenvalue weighted by molar-refractivity contribution is 0.123. The average Bonchev–Trinajstić information content (AvgIpc) is 3.16. The Balaban J connectivity index is 1.44. The van der Waals surface area contributed by atoms with E-state index < -0.39 is 11.6 Å². The Morgan fingerprint density at radius 2 is 1.86 bits per heavy atom. The SMILES string of the molecule is Fc1ccc(F)c(CSc2nnc3nccc(CCOCc4ccccc4)n23)c1. The van der Waals surface area contributed by atoms with Crippen LogP contribution in [0.2, 0.25) is 0 Å². The van der Waals surface area contributed by atoms with Crippen LogP contribution in [-0.4, -0.2) is 26.2 Å². The Kier molecular flexibility index (Phi) is 6.12. The molecular weight excluding hydrogens is 394 g/mol. The van der Waals surface area contributed by atoms with Gasteiger partial charge >= 0.3 is 0 Å². The van der Waals surface area contributed by atoms with Crippen LogP contribution in [0.1, 0.15) is 16.8 Å². The van der Waals surface area contributed by atoms with E-state index in [1.807, 2.05) is 40.8 Å². The number of benzene rings is 2. The molecule has 0 unspecified atom stereocenters. The predicted molar refractivity (Wildman–Crippen MR) is 107 cm³/mol. The zero-order chi connectivity index (χ0) is 20.1. The molecule has 5 nitrogen and oxygen atoms in total. The van der Waals surface area contributed by atoms with Crippen molar-refractivity contribution in [2.24, 2.45) is 0 Å². The molecule has 2 aromatic carbocycles. The number of nitrogens with zero attached hydrogens (tertiary/aromatic N) is 4. The van der Waals surface area contributed by atoms with Gasteiger partial charge in [-0.2, -0.15) is 0 Å². The lowest BCUT2D eigenvalue weighted by atomic mass is 10.2. The third kappa shape index (κ3) is 4.78. The minimum absolute atomic E-state index is 0.239. The van der Waals surface area contributed by atoms with Gasteiger partial charge in [0.05, 0.1) is 13.2 Å². The van der Waals surface area contributed by atoms with Crippen LogP contribution in [0.5, 0.6) is 0 Å². The number of hydrogen-bond acceptors (Lipinski definition) is 5. The molecule has 0 bridgehead atoms. The monoisotopic (exact) mass is 412 g/mol. The first-order chi connectivity index (χ1) is 14.2. The van der Waals surface area contributed by atoms with Gasteiger partial charge in [-0.25, -0.2) is 13.8 Å². The Morgan fingerprint density at radius 3 is 2.72 bits per heavy atom. The van der Waals surface area contributed by atoms with E-state index >= 15 is 0 Å². The Morgan fingerprint density at radius 1 is 1.00 bits per heavy atom. The normalized spacial score (nSPS) is 11.2. The molecule has 0 aliphatic heterocycles. The molecule has 2 heterocycles. The summed E-state index contributed by atoms with van der Waals surface area (Å²) in [5.74, 6) is -0.206. The smallest absolute Gasteiger partial charge is 0.255 e. The topological polar surface area (TPSA) is 52.3 Å². The summed E-state index contributed by atoms with van der Waals surface area (Å²) in [4.78, 5) is 4.23. The van der Waals surface area contributed by atoms with Gasteiger partial charge < -0.3 is 4.74 Å². The maximum Gasteiger partial charge on any atom is 0.255 e. The van der Waals surface area contributed by atoms with Crippen molar-refractivity contribution in [2.75, 3.05) is 6.61 Å². The van der Waals surface area contributed by atoms with Crippen molar-refractivity contribution in [2.45, 2.75) is 23.9 Å². The second kappa shape index (κ2) is 9.11. The minimum Gasteiger partial charge on any atom is -0.376 e. The van der Waals surface area contributed by atoms with E-state index in [4.69, 9.17) is 4.74 Å². The molecular formula is C21H18F2N4OS. The Bertz CT molecular complexity index is 1100. The maximum atomic E-state index is 13.9. The molecule has 4 rings (SSSR count). The van der Waals surface area contributed by atoms with Crippen molar-refractivity contribution in [1.29, 1.82) is 0 Å². The van der Waals surface area contributed by atoms with Gasteiger partial charge in [0, 0.05) is 29.6 Å². The summed E-state index contributed by atoms with van der Waals surface area (Å²) in [6.45, 7) is 1.06. The molecule has 0 atom stereocenters. The Labute approximate surface area is 170 Å². The number of hydrogen-bond donors (Lipinski definition) is 0. The number of halogens is 2. The molecule has 0 spiro atoms. The molecule has 148 valence electrons. The molecule has 8 heteroatoms. The highest BCUT2D eigenvalue weighted by atomic mass is 32.2. The second-order valence-corrected chi connectivity index (χ2v) is 7.31. The molecule has 29 heavy (non-hydrogen) atoms. The lowest BCUT2D eigenvalue weighted by Gasteiger charge is -2.08. The van der Waals surface area contributed by atoms with Gasteiger partial charge in [0.1, 0.15) is 11.6 Å². The van der Waals surface area contributed by atoms with Gasteiger partial charge in [-0.05, 0) is 29.8 Å². The minimum atomic E-state index is -0.467. The summed E-state index contributed by atoms with van der Waals surface area (Å²) in [6.07, 6.45) is 2.32. The molecule has 0 aliphatic carbocycles. The van der Waals surface area contributed by atoms with Gasteiger partial charge in [-0.3, -0.25) is 4.40 Å². The number of rotatable bonds is 8. The fourth-order valence-corrected chi connectivity index (χ4v) is 3.82. The Hall–Kier alpha value is -2.84. The van der Waals surface area contributed by atoms with Crippen molar-refractivity contribution in [3.05, 3.63) is 89.2 Å². The van der Waals surface area contributed by atoms with Gasteiger partial charge in [0.2, 0.25) is 0 Å². The summed E-state index contributed by atoms with van der Waals surface area (Å²) in [5.41, 5.74) is 2.34. The summed E-state index contributed by atoms with van der Waals surface area (Å²) < 4.78 is 34.9. The summed E-state index contributed by atoms with van der Waals surface area (Å²) in [7, 11) is 0. The van der Waals surface area contributed by atoms with Gasteiger partial charge in [-0.1, -0.05) is 42.1 Å². The zero-order valence-electron chi connectivity index (χ0n) is 15.5. The number of aromatic nitrogens is 4. The van der Waals surface area contributed by atoms with Gasteiger partial charge in [0.25, 0.3) is 5.78 Å². The van der Waals surface area contributed by atoms with E-state index in [2.05, 4.69) is 15.2 Å². The molecule has 0 saturated carbocycles. The van der Waals surface area contributed by atoms with E-state index in [1.165, 1.54) is 17.8 Å². The standard InChI is InChI=1S/C21H18F2N4OS/c22-17-6-7-19(23)16(12-17)14-29-21-26-25-20-24-10-8-18(27(20)21)9-11-28-13-15-4-2-1-3-5-15/h1-8,10,12H,9,11,13-14H2. The largest absolute Gasteiger partial charge is 0.376 e. The highest BCUT2D eigenvalue weighted by Crippen LogP contribution is 2.24. The van der Waals surface area contributed by atoms with E-state index in [-0.39, 0.29) is 11.3 Å². The highest BCUT2D eigenvalue weighted by Gasteiger charge is 2.13. The zero-order valence-corrected chi connectivity index (χ0v) is 16.3. The molecule has 0 fully saturated rings. The van der Waals surface area contributed by atoms with E-state index in [0.29, 0.717) is 30.6 Å². The molecule has 0 radical (unpaired) electrons. The van der Waals surface area contributed by atoms with E-state index in [9.17, 15) is 8.78 Å². The van der Waals surface area contributed by atoms with Crippen molar-refractivity contribution in [1.82, 2.24) is 19.6 Å². The van der Waals surface area contributed by atoms with Gasteiger partial charge in [0.15, 0.2) is 5.16 Å². The van der Waals surface area contributed by atoms with Crippen LogP contribution in [0.15, 0.2) is 66.0 Å². The fourth-order valence-electron chi connectivity index (χ4n) is 2.89. The molecule has 0 amide bonds. The van der Waals surface area contributed by atoms with Crippen LogP contribution >= 0.6 is 11.8 Å². The second-order valence-electron chi connectivity index (χ2n) is 6.37. The third-order valence-electron chi connectivity index (χ3n) is 4.34. The van der Waals surface area contributed by atoms with Crippen LogP contribution in [0.4, 0.5) is 8.78 Å². The van der Waals surface area contributed by atoms with Crippen molar-refractivity contribution in [3.8, 4) is 0 Å². The fraction of sp³-hybridized carbons (Fsp3) is 0.190. The quantitative estimate of drug-likeness (QED) is 0.316. The molecule has 2 aromatic heterocycles. The maximum absolute atomic E-state index is 13.9. The number of thioether (sulfide) groups is 1. The molecule has 0 saturated heterocycles. The van der Waals surface area contributed by atoms with Gasteiger partial charge in [-0.15, -0.1) is 10.2 Å². The first-order valence-electron chi connectivity index (χ1n) is 9.08. The van der Waals surface area contributed by atoms with E-state index in [1.54, 1.807) is 6.20 Å². The number of fused-ring (bicyclic) bond motifs is 1. The third-order valence-corrected chi connectivity index (χ3v) is 5.32. The molecule has 0 N–H and O–H groups in total. The van der Waals surface area contributed by atoms with Crippen LogP contribution in [0.25, 0.3) is 5.78 Å². The van der Waals surface area contributed by atoms with E-state index in [0.717, 1.165) is 23.4 Å². The van der Waals surface area contributed by atoms with Crippen molar-refractivity contribution >= 4 is 17.5 Å². The molecule has 4 aromatic rings. The lowest BCUT2D eigenvalue weighted by Crippen LogP contribution is -2.05. The first-order valence-corrected chi connectivity index (χ1v) is 10.1. The summed E-state index contributed by atoms with van der Waals surface area (Å²) >= 11 is 1.28. The highest BCUT2D eigenvalue weighted by molar-refractivity contribution is 7.98. The van der Waals surface area contributed by atoms with Crippen molar-refractivity contribution < 1.29 is 13.5 Å². The summed E-state index contributed by atoms with van der Waals surface area (Å²) in [6, 6.07) is 15.3. The first kappa shape index (κ1) is 19.5. The van der Waals surface area contributed by atoms with Crippen molar-refractivity contribution in [3.63, 3.8) is 0 Å². The average molecular weight is 412 g/mol. The molecule has 0 aliphatic rings. The number of ether oxygens (including phenoxy) is 1. The predicted octanol–water partition coefficient (Wildman–Crippen LogP) is 4.45. The van der Waals surface area contributed by atoms with Crippen LogP contribution in [0.3, 0.4) is 0 Å². The van der Waals surface area contributed by atoms with Crippen LogP contribution in [0, 0.1) is 11.6 Å².